The van der Waals surface area contributed by atoms with Gasteiger partial charge in [0.1, 0.15) is 17.8 Å². The fraction of sp³-hybridized carbons (Fsp3) is 0.235. The molecule has 0 spiro atoms. The molecule has 0 saturated carbocycles. The first-order valence-corrected chi connectivity index (χ1v) is 16.1. The number of benzene rings is 4. The van der Waals surface area contributed by atoms with E-state index in [4.69, 9.17) is 4.74 Å². The molecule has 1 saturated heterocycles. The minimum Gasteiger partial charge on any atom is -0.497 e. The molecule has 2 heterocycles. The number of carbonyl (C=O) groups is 2. The molecule has 1 aromatic heterocycles. The van der Waals surface area contributed by atoms with Crippen molar-refractivity contribution in [3.05, 3.63) is 103 Å². The zero-order valence-corrected chi connectivity index (χ0v) is 25.1. The van der Waals surface area contributed by atoms with Crippen molar-refractivity contribution < 1.29 is 22.7 Å². The monoisotopic (exact) mass is 610 g/mol. The van der Waals surface area contributed by atoms with Crippen LogP contribution in [0.1, 0.15) is 24.8 Å². The van der Waals surface area contributed by atoms with Gasteiger partial charge in [-0.2, -0.15) is 4.31 Å². The Balaban J connectivity index is 1.28. The molecule has 6 rings (SSSR count). The van der Waals surface area contributed by atoms with E-state index < -0.39 is 33.9 Å². The molecule has 2 atom stereocenters. The van der Waals surface area contributed by atoms with Crippen LogP contribution >= 0.6 is 0 Å². The van der Waals surface area contributed by atoms with Crippen molar-refractivity contribution in [2.45, 2.75) is 42.7 Å². The third kappa shape index (κ3) is 6.04. The predicted molar refractivity (Wildman–Crippen MR) is 171 cm³/mol. The molecule has 4 aromatic carbocycles. The molecule has 5 aromatic rings. The van der Waals surface area contributed by atoms with Gasteiger partial charge in [-0.1, -0.05) is 61.0 Å². The molecule has 0 bridgehead atoms. The summed E-state index contributed by atoms with van der Waals surface area (Å²) in [7, 11) is -2.53. The second-order valence-corrected chi connectivity index (χ2v) is 12.9. The van der Waals surface area contributed by atoms with Gasteiger partial charge in [-0.15, -0.1) is 0 Å². The minimum atomic E-state index is -4.01. The van der Waals surface area contributed by atoms with E-state index in [0.717, 1.165) is 27.2 Å². The van der Waals surface area contributed by atoms with Crippen LogP contribution in [0.15, 0.2) is 102 Å². The van der Waals surface area contributed by atoms with Crippen LogP contribution in [0, 0.1) is 0 Å². The Hall–Kier alpha value is -4.67. The number of anilines is 1. The molecule has 9 nitrogen and oxygen atoms in total. The Labute approximate surface area is 256 Å². The summed E-state index contributed by atoms with van der Waals surface area (Å²) in [6.07, 6.45) is 3.73. The summed E-state index contributed by atoms with van der Waals surface area (Å²) in [6, 6.07) is 25.6. The van der Waals surface area contributed by atoms with Crippen LogP contribution in [-0.4, -0.2) is 55.3 Å². The molecule has 2 amide bonds. The normalized spacial score (nSPS) is 16.4. The molecule has 0 radical (unpaired) electrons. The van der Waals surface area contributed by atoms with Gasteiger partial charge in [0.2, 0.25) is 21.8 Å². The van der Waals surface area contributed by atoms with E-state index in [1.54, 1.807) is 12.1 Å². The molecule has 10 heteroatoms. The lowest BCUT2D eigenvalue weighted by Gasteiger charge is -2.34. The van der Waals surface area contributed by atoms with E-state index in [1.165, 1.54) is 23.5 Å². The number of hydrogen-bond acceptors (Lipinski definition) is 5. The topological polar surface area (TPSA) is 121 Å². The average Bonchev–Trinajstić information content (AvgIpc) is 3.47. The third-order valence-electron chi connectivity index (χ3n) is 8.15. The standard InChI is InChI=1S/C34H34N4O5S/c1-43-27-11-8-12-28(21-27)44(41,42)38-18-7-6-15-32(38)34(40)37-31(20-25-22-35-30-14-5-4-13-29(25)30)33(39)36-26-17-16-23-9-2-3-10-24(23)19-26/h2-5,8-14,16-17,19,21-22,31-32,35H,6-7,15,18,20H2,1H3,(H,36,39)(H,37,40)/t31-,32-/m0/s1. The Kier molecular flexibility index (Phi) is 8.36. The van der Waals surface area contributed by atoms with Gasteiger partial charge < -0.3 is 20.4 Å². The van der Waals surface area contributed by atoms with Crippen LogP contribution in [0.25, 0.3) is 21.7 Å². The van der Waals surface area contributed by atoms with Crippen LogP contribution in [0.4, 0.5) is 5.69 Å². The summed E-state index contributed by atoms with van der Waals surface area (Å²) in [5.74, 6) is -0.486. The summed E-state index contributed by atoms with van der Waals surface area (Å²) in [5, 5.41) is 8.87. The number of H-pyrrole nitrogens is 1. The van der Waals surface area contributed by atoms with Crippen molar-refractivity contribution in [3.63, 3.8) is 0 Å². The highest BCUT2D eigenvalue weighted by Crippen LogP contribution is 2.28. The fourth-order valence-electron chi connectivity index (χ4n) is 5.85. The van der Waals surface area contributed by atoms with Crippen LogP contribution in [0.5, 0.6) is 5.75 Å². The number of methoxy groups -OCH3 is 1. The lowest BCUT2D eigenvalue weighted by atomic mass is 10.0. The number of aromatic nitrogens is 1. The van der Waals surface area contributed by atoms with Gasteiger partial charge in [-0.05, 0) is 59.5 Å². The van der Waals surface area contributed by atoms with Gasteiger partial charge in [0.15, 0.2) is 0 Å². The number of nitrogens with one attached hydrogen (secondary N) is 3. The zero-order chi connectivity index (χ0) is 30.7. The van der Waals surface area contributed by atoms with Crippen LogP contribution in [0.3, 0.4) is 0 Å². The largest absolute Gasteiger partial charge is 0.497 e. The van der Waals surface area contributed by atoms with Crippen molar-refractivity contribution >= 4 is 49.2 Å². The molecule has 0 unspecified atom stereocenters. The van der Waals surface area contributed by atoms with E-state index >= 15 is 0 Å². The van der Waals surface area contributed by atoms with Crippen molar-refractivity contribution in [2.75, 3.05) is 19.0 Å². The van der Waals surface area contributed by atoms with Gasteiger partial charge in [0.25, 0.3) is 0 Å². The number of piperidine rings is 1. The Morgan fingerprint density at radius 1 is 0.955 bits per heavy atom. The molecule has 44 heavy (non-hydrogen) atoms. The van der Waals surface area contributed by atoms with E-state index in [-0.39, 0.29) is 17.9 Å². The quantitative estimate of drug-likeness (QED) is 0.211. The number of para-hydroxylation sites is 1. The third-order valence-corrected chi connectivity index (χ3v) is 10.1. The maximum Gasteiger partial charge on any atom is 0.247 e. The Morgan fingerprint density at radius 2 is 1.75 bits per heavy atom. The number of nitrogens with zero attached hydrogens (tertiary/aromatic N) is 1. The summed E-state index contributed by atoms with van der Waals surface area (Å²) in [6.45, 7) is 0.202. The summed E-state index contributed by atoms with van der Waals surface area (Å²) in [5.41, 5.74) is 2.39. The van der Waals surface area contributed by atoms with Crippen molar-refractivity contribution in [1.82, 2.24) is 14.6 Å². The highest BCUT2D eigenvalue weighted by molar-refractivity contribution is 7.89. The molecule has 3 N–H and O–H groups in total. The van der Waals surface area contributed by atoms with E-state index in [1.807, 2.05) is 72.9 Å². The van der Waals surface area contributed by atoms with Crippen LogP contribution in [-0.2, 0) is 26.0 Å². The fourth-order valence-corrected chi connectivity index (χ4v) is 7.54. The lowest BCUT2D eigenvalue weighted by Crippen LogP contribution is -2.56. The summed E-state index contributed by atoms with van der Waals surface area (Å²) >= 11 is 0. The molecule has 226 valence electrons. The van der Waals surface area contributed by atoms with E-state index in [0.29, 0.717) is 30.7 Å². The maximum atomic E-state index is 13.9. The molecule has 1 aliphatic rings. The number of carbonyl (C=O) groups excluding carboxylic acids is 2. The number of amides is 2. The zero-order valence-electron chi connectivity index (χ0n) is 24.3. The number of hydrogen-bond donors (Lipinski definition) is 3. The Morgan fingerprint density at radius 3 is 2.59 bits per heavy atom. The second kappa shape index (κ2) is 12.5. The maximum absolute atomic E-state index is 13.9. The van der Waals surface area contributed by atoms with Crippen molar-refractivity contribution in [2.24, 2.45) is 0 Å². The Bertz CT molecular complexity index is 1940. The number of aromatic amines is 1. The van der Waals surface area contributed by atoms with E-state index in [9.17, 15) is 18.0 Å². The first kappa shape index (κ1) is 29.4. The van der Waals surface area contributed by atoms with Gasteiger partial charge in [-0.3, -0.25) is 9.59 Å². The second-order valence-electron chi connectivity index (χ2n) is 11.0. The first-order valence-electron chi connectivity index (χ1n) is 14.6. The lowest BCUT2D eigenvalue weighted by molar-refractivity contribution is -0.129. The van der Waals surface area contributed by atoms with Gasteiger partial charge in [0.05, 0.1) is 12.0 Å². The molecular weight excluding hydrogens is 576 g/mol. The van der Waals surface area contributed by atoms with E-state index in [2.05, 4.69) is 15.6 Å². The van der Waals surface area contributed by atoms with Crippen molar-refractivity contribution in [1.29, 1.82) is 0 Å². The van der Waals surface area contributed by atoms with Crippen LogP contribution in [0.2, 0.25) is 0 Å². The minimum absolute atomic E-state index is 0.0564. The molecular formula is C34H34N4O5S. The predicted octanol–water partition coefficient (Wildman–Crippen LogP) is 5.24. The highest BCUT2D eigenvalue weighted by atomic mass is 32.2. The first-order chi connectivity index (χ1) is 21.3. The summed E-state index contributed by atoms with van der Waals surface area (Å²) < 4.78 is 34.0. The number of sulfonamides is 1. The smallest absolute Gasteiger partial charge is 0.247 e. The average molecular weight is 611 g/mol. The SMILES string of the molecule is COc1cccc(S(=O)(=O)N2CCCC[C@H]2C(=O)N[C@@H](Cc2c[nH]c3ccccc23)C(=O)Nc2ccc3ccccc3c2)c1. The number of ether oxygens (including phenoxy) is 1. The highest BCUT2D eigenvalue weighted by Gasteiger charge is 2.39. The van der Waals surface area contributed by atoms with Gasteiger partial charge >= 0.3 is 0 Å². The summed E-state index contributed by atoms with van der Waals surface area (Å²) in [4.78, 5) is 31.0. The number of fused-ring (bicyclic) bond motifs is 2. The van der Waals surface area contributed by atoms with Crippen LogP contribution < -0.4 is 15.4 Å². The van der Waals surface area contributed by atoms with Gasteiger partial charge in [0, 0.05) is 41.8 Å². The van der Waals surface area contributed by atoms with Crippen molar-refractivity contribution in [3.8, 4) is 5.75 Å². The molecule has 1 aliphatic heterocycles. The van der Waals surface area contributed by atoms with Gasteiger partial charge in [-0.25, -0.2) is 8.42 Å². The number of rotatable bonds is 9. The molecule has 0 aliphatic carbocycles. The molecule has 1 fully saturated rings.